The maximum Gasteiger partial charge on any atom is 0.319 e. The quantitative estimate of drug-likeness (QED) is 0.636. The van der Waals surface area contributed by atoms with E-state index in [1.165, 1.54) is 7.11 Å². The third-order valence-electron chi connectivity index (χ3n) is 4.22. The number of aryl methyl sites for hydroxylation is 2. The number of amides is 1. The van der Waals surface area contributed by atoms with Gasteiger partial charge in [-0.2, -0.15) is 4.98 Å². The fourth-order valence-corrected chi connectivity index (χ4v) is 2.88. The summed E-state index contributed by atoms with van der Waals surface area (Å²) in [5.74, 6) is -0.200. The van der Waals surface area contributed by atoms with Gasteiger partial charge in [-0.25, -0.2) is 4.98 Å². The number of fused-ring (bicyclic) bond motifs is 1. The second kappa shape index (κ2) is 7.81. The lowest BCUT2D eigenvalue weighted by Gasteiger charge is -2.10. The molecule has 0 bridgehead atoms. The molecule has 1 aromatic carbocycles. The van der Waals surface area contributed by atoms with Gasteiger partial charge in [-0.3, -0.25) is 4.79 Å². The Bertz CT molecular complexity index is 992. The Hall–Kier alpha value is -3.49. The van der Waals surface area contributed by atoms with E-state index in [1.54, 1.807) is 19.4 Å². The van der Waals surface area contributed by atoms with Crippen LogP contribution in [0.25, 0.3) is 10.9 Å². The molecule has 4 N–H and O–H groups in total. The predicted molar refractivity (Wildman–Crippen MR) is 99.6 cm³/mol. The van der Waals surface area contributed by atoms with E-state index in [1.807, 2.05) is 12.1 Å². The molecule has 140 valence electrons. The highest BCUT2D eigenvalue weighted by Gasteiger charge is 2.14. The van der Waals surface area contributed by atoms with Gasteiger partial charge in [-0.1, -0.05) is 18.2 Å². The molecule has 0 radical (unpaired) electrons. The van der Waals surface area contributed by atoms with Crippen LogP contribution in [0.4, 0.5) is 5.69 Å². The Labute approximate surface area is 155 Å². The first-order valence-electron chi connectivity index (χ1n) is 8.32. The molecule has 0 aliphatic rings. The van der Waals surface area contributed by atoms with Crippen LogP contribution in [-0.4, -0.2) is 40.3 Å². The third-order valence-corrected chi connectivity index (χ3v) is 4.22. The van der Waals surface area contributed by atoms with Crippen molar-refractivity contribution in [2.75, 3.05) is 20.0 Å². The fraction of sp³-hybridized carbons (Fsp3) is 0.278. The van der Waals surface area contributed by atoms with Crippen molar-refractivity contribution in [2.24, 2.45) is 5.73 Å². The van der Waals surface area contributed by atoms with Crippen LogP contribution in [0, 0.1) is 0 Å². The van der Waals surface area contributed by atoms with Gasteiger partial charge in [0.1, 0.15) is 0 Å². The molecule has 0 atom stereocenters. The van der Waals surface area contributed by atoms with E-state index in [0.29, 0.717) is 23.2 Å². The first-order chi connectivity index (χ1) is 13.0. The van der Waals surface area contributed by atoms with E-state index in [2.05, 4.69) is 20.2 Å². The van der Waals surface area contributed by atoms with Gasteiger partial charge >= 0.3 is 6.01 Å². The van der Waals surface area contributed by atoms with Crippen molar-refractivity contribution < 1.29 is 14.3 Å². The minimum Gasteiger partial charge on any atom is -0.481 e. The SMILES string of the molecule is COc1ncc(CCCc2cccc3c(N)c(C(N)=O)nnc23)c(OC)n1. The molecule has 27 heavy (non-hydrogen) atoms. The molecule has 0 aliphatic carbocycles. The number of carbonyl (C=O) groups is 1. The van der Waals surface area contributed by atoms with Crippen LogP contribution in [0.2, 0.25) is 0 Å². The number of ether oxygens (including phenoxy) is 2. The highest BCUT2D eigenvalue weighted by atomic mass is 16.5. The topological polar surface area (TPSA) is 139 Å². The molecule has 1 amide bonds. The summed E-state index contributed by atoms with van der Waals surface area (Å²) in [5, 5.41) is 8.69. The lowest BCUT2D eigenvalue weighted by molar-refractivity contribution is 0.0995. The van der Waals surface area contributed by atoms with Crippen molar-refractivity contribution in [3.8, 4) is 11.9 Å². The Morgan fingerprint density at radius 2 is 1.89 bits per heavy atom. The zero-order chi connectivity index (χ0) is 19.4. The van der Waals surface area contributed by atoms with Gasteiger partial charge < -0.3 is 20.9 Å². The van der Waals surface area contributed by atoms with E-state index < -0.39 is 5.91 Å². The summed E-state index contributed by atoms with van der Waals surface area (Å²) in [6, 6.07) is 5.90. The molecule has 2 aromatic heterocycles. The lowest BCUT2D eigenvalue weighted by atomic mass is 10.0. The number of hydrogen-bond acceptors (Lipinski definition) is 8. The Morgan fingerprint density at radius 1 is 1.11 bits per heavy atom. The first kappa shape index (κ1) is 18.3. The number of rotatable bonds is 7. The Morgan fingerprint density at radius 3 is 2.59 bits per heavy atom. The number of nitrogens with two attached hydrogens (primary N) is 2. The molecule has 0 saturated heterocycles. The van der Waals surface area contributed by atoms with Gasteiger partial charge in [0.25, 0.3) is 5.91 Å². The van der Waals surface area contributed by atoms with Crippen molar-refractivity contribution in [2.45, 2.75) is 19.3 Å². The number of primary amides is 1. The monoisotopic (exact) mass is 368 g/mol. The molecule has 0 saturated carbocycles. The molecule has 0 aliphatic heterocycles. The van der Waals surface area contributed by atoms with Crippen molar-refractivity contribution in [1.82, 2.24) is 20.2 Å². The van der Waals surface area contributed by atoms with E-state index in [4.69, 9.17) is 20.9 Å². The smallest absolute Gasteiger partial charge is 0.319 e. The van der Waals surface area contributed by atoms with Gasteiger partial charge in [0.05, 0.1) is 25.4 Å². The van der Waals surface area contributed by atoms with E-state index >= 15 is 0 Å². The van der Waals surface area contributed by atoms with Gasteiger partial charge in [-0.05, 0) is 24.8 Å². The summed E-state index contributed by atoms with van der Waals surface area (Å²) in [6.07, 6.45) is 3.96. The lowest BCUT2D eigenvalue weighted by Crippen LogP contribution is -2.17. The van der Waals surface area contributed by atoms with Gasteiger partial charge in [0, 0.05) is 17.1 Å². The normalized spacial score (nSPS) is 10.7. The average molecular weight is 368 g/mol. The second-order valence-corrected chi connectivity index (χ2v) is 5.88. The molecule has 2 heterocycles. The summed E-state index contributed by atoms with van der Waals surface area (Å²) in [7, 11) is 3.07. The van der Waals surface area contributed by atoms with Gasteiger partial charge in [0.2, 0.25) is 5.88 Å². The molecular formula is C18H20N6O3. The molecule has 0 unspecified atom stereocenters. The van der Waals surface area contributed by atoms with Crippen LogP contribution in [0.5, 0.6) is 11.9 Å². The molecule has 0 fully saturated rings. The van der Waals surface area contributed by atoms with E-state index in [9.17, 15) is 4.79 Å². The zero-order valence-corrected chi connectivity index (χ0v) is 15.1. The summed E-state index contributed by atoms with van der Waals surface area (Å²) >= 11 is 0. The molecule has 9 nitrogen and oxygen atoms in total. The van der Waals surface area contributed by atoms with E-state index in [-0.39, 0.29) is 17.4 Å². The minimum atomic E-state index is -0.695. The first-order valence-corrected chi connectivity index (χ1v) is 8.32. The third kappa shape index (κ3) is 3.71. The van der Waals surface area contributed by atoms with E-state index in [0.717, 1.165) is 24.0 Å². The zero-order valence-electron chi connectivity index (χ0n) is 15.1. The standard InChI is InChI=1S/C18H20N6O3/c1-26-17-11(9-21-18(22-17)27-2)7-3-5-10-6-4-8-12-13(19)15(16(20)25)24-23-14(10)12/h4,6,8-9H,3,5,7H2,1-2H3,(H2,19,23)(H2,20,25). The summed E-state index contributed by atoms with van der Waals surface area (Å²) in [4.78, 5) is 19.7. The molecule has 3 rings (SSSR count). The highest BCUT2D eigenvalue weighted by Crippen LogP contribution is 2.25. The summed E-state index contributed by atoms with van der Waals surface area (Å²) in [6.45, 7) is 0. The molecule has 0 spiro atoms. The van der Waals surface area contributed by atoms with Crippen molar-refractivity contribution in [3.05, 3.63) is 41.2 Å². The van der Waals surface area contributed by atoms with Crippen LogP contribution in [0.3, 0.4) is 0 Å². The number of carbonyl (C=O) groups excluding carboxylic acids is 1. The number of methoxy groups -OCH3 is 2. The largest absolute Gasteiger partial charge is 0.481 e. The molecular weight excluding hydrogens is 348 g/mol. The Kier molecular flexibility index (Phi) is 5.30. The summed E-state index contributed by atoms with van der Waals surface area (Å²) in [5.41, 5.74) is 14.1. The van der Waals surface area contributed by atoms with Gasteiger partial charge in [0.15, 0.2) is 5.69 Å². The van der Waals surface area contributed by atoms with Crippen LogP contribution in [0.1, 0.15) is 28.0 Å². The van der Waals surface area contributed by atoms with Crippen molar-refractivity contribution in [1.29, 1.82) is 0 Å². The van der Waals surface area contributed by atoms with Crippen LogP contribution >= 0.6 is 0 Å². The maximum atomic E-state index is 11.4. The summed E-state index contributed by atoms with van der Waals surface area (Å²) < 4.78 is 10.3. The second-order valence-electron chi connectivity index (χ2n) is 5.88. The van der Waals surface area contributed by atoms with Crippen LogP contribution in [-0.2, 0) is 12.8 Å². The molecule has 9 heteroatoms. The number of nitrogen functional groups attached to an aromatic ring is 1. The molecule has 3 aromatic rings. The Balaban J connectivity index is 1.80. The van der Waals surface area contributed by atoms with Gasteiger partial charge in [-0.15, -0.1) is 10.2 Å². The number of nitrogens with zero attached hydrogens (tertiary/aromatic N) is 4. The average Bonchev–Trinajstić information content (AvgIpc) is 2.68. The minimum absolute atomic E-state index is 0.0141. The number of benzene rings is 1. The maximum absolute atomic E-state index is 11.4. The number of aromatic nitrogens is 4. The fourth-order valence-electron chi connectivity index (χ4n) is 2.88. The number of hydrogen-bond donors (Lipinski definition) is 2. The van der Waals surface area contributed by atoms with Crippen molar-refractivity contribution >= 4 is 22.5 Å². The highest BCUT2D eigenvalue weighted by molar-refractivity contribution is 6.04. The van der Waals surface area contributed by atoms with Crippen molar-refractivity contribution in [3.63, 3.8) is 0 Å². The van der Waals surface area contributed by atoms with Crippen LogP contribution < -0.4 is 20.9 Å². The predicted octanol–water partition coefficient (Wildman–Crippen LogP) is 1.29. The number of anilines is 1. The van der Waals surface area contributed by atoms with Crippen LogP contribution in [0.15, 0.2) is 24.4 Å².